The van der Waals surface area contributed by atoms with Gasteiger partial charge in [-0.15, -0.1) is 11.8 Å². The van der Waals surface area contributed by atoms with Gasteiger partial charge in [-0.25, -0.2) is 4.39 Å². The van der Waals surface area contributed by atoms with Crippen molar-refractivity contribution in [3.63, 3.8) is 0 Å². The van der Waals surface area contributed by atoms with E-state index in [4.69, 9.17) is 0 Å². The summed E-state index contributed by atoms with van der Waals surface area (Å²) in [4.78, 5) is 27.1. The summed E-state index contributed by atoms with van der Waals surface area (Å²) in [6, 6.07) is 15.1. The van der Waals surface area contributed by atoms with Crippen LogP contribution in [0.15, 0.2) is 54.6 Å². The molecule has 0 radical (unpaired) electrons. The van der Waals surface area contributed by atoms with Crippen molar-refractivity contribution in [3.8, 4) is 0 Å². The summed E-state index contributed by atoms with van der Waals surface area (Å²) in [5.41, 5.74) is 0.578. The number of carbonyl (C=O) groups excluding carboxylic acids is 2. The van der Waals surface area contributed by atoms with Crippen molar-refractivity contribution < 1.29 is 14.0 Å². The Labute approximate surface area is 163 Å². The maximum atomic E-state index is 14.1. The number of carbonyl (C=O) groups is 2. The molecule has 142 valence electrons. The van der Waals surface area contributed by atoms with Gasteiger partial charge < -0.3 is 10.2 Å². The van der Waals surface area contributed by atoms with Crippen LogP contribution in [0.2, 0.25) is 0 Å². The highest BCUT2D eigenvalue weighted by molar-refractivity contribution is 7.99. The number of nitrogens with zero attached hydrogens (tertiary/aromatic N) is 1. The van der Waals surface area contributed by atoms with Crippen molar-refractivity contribution >= 4 is 23.6 Å². The highest BCUT2D eigenvalue weighted by atomic mass is 32.2. The molecule has 1 heterocycles. The van der Waals surface area contributed by atoms with Crippen LogP contribution in [-0.4, -0.2) is 40.9 Å². The summed E-state index contributed by atoms with van der Waals surface area (Å²) in [5, 5.41) is 2.91. The first kappa shape index (κ1) is 19.4. The molecule has 1 fully saturated rings. The van der Waals surface area contributed by atoms with Crippen molar-refractivity contribution in [3.05, 3.63) is 71.5 Å². The molecule has 2 aromatic rings. The third-order valence-electron chi connectivity index (χ3n) is 4.77. The lowest BCUT2D eigenvalue weighted by molar-refractivity contribution is -0.124. The Morgan fingerprint density at radius 2 is 1.81 bits per heavy atom. The number of amides is 2. The molecule has 27 heavy (non-hydrogen) atoms. The van der Waals surface area contributed by atoms with E-state index in [1.54, 1.807) is 47.0 Å². The predicted octanol–water partition coefficient (Wildman–Crippen LogP) is 3.43. The molecule has 1 N–H and O–H groups in total. The van der Waals surface area contributed by atoms with Gasteiger partial charge in [0.2, 0.25) is 5.91 Å². The normalized spacial score (nSPS) is 17.0. The number of hydrogen-bond acceptors (Lipinski definition) is 3. The second-order valence-corrected chi connectivity index (χ2v) is 8.24. The van der Waals surface area contributed by atoms with Crippen LogP contribution >= 0.6 is 11.8 Å². The Hall–Kier alpha value is -2.34. The fraction of sp³-hybridized carbons (Fsp3) is 0.333. The lowest BCUT2D eigenvalue weighted by Crippen LogP contribution is -2.49. The molecular weight excluding hydrogens is 363 g/mol. The van der Waals surface area contributed by atoms with E-state index in [0.717, 1.165) is 0 Å². The third kappa shape index (κ3) is 4.33. The highest BCUT2D eigenvalue weighted by Crippen LogP contribution is 2.26. The zero-order chi connectivity index (χ0) is 19.4. The quantitative estimate of drug-likeness (QED) is 0.856. The first-order chi connectivity index (χ1) is 12.9. The van der Waals surface area contributed by atoms with Crippen LogP contribution in [0.1, 0.15) is 29.8 Å². The topological polar surface area (TPSA) is 49.4 Å². The van der Waals surface area contributed by atoms with E-state index in [2.05, 4.69) is 5.32 Å². The maximum Gasteiger partial charge on any atom is 0.255 e. The van der Waals surface area contributed by atoms with Gasteiger partial charge in [-0.3, -0.25) is 9.59 Å². The number of halogens is 1. The van der Waals surface area contributed by atoms with E-state index in [1.807, 2.05) is 32.0 Å². The van der Waals surface area contributed by atoms with E-state index in [-0.39, 0.29) is 17.6 Å². The molecule has 1 aliphatic rings. The van der Waals surface area contributed by atoms with Gasteiger partial charge in [0, 0.05) is 23.3 Å². The molecule has 3 rings (SSSR count). The summed E-state index contributed by atoms with van der Waals surface area (Å²) in [7, 11) is 0. The number of benzene rings is 2. The molecule has 0 spiro atoms. The van der Waals surface area contributed by atoms with Crippen LogP contribution in [0, 0.1) is 5.82 Å². The first-order valence-electron chi connectivity index (χ1n) is 8.86. The first-order valence-corrected chi connectivity index (χ1v) is 10.0. The van der Waals surface area contributed by atoms with Crippen molar-refractivity contribution in [1.82, 2.24) is 10.2 Å². The number of thioether (sulfide) groups is 1. The molecule has 0 aliphatic carbocycles. The smallest absolute Gasteiger partial charge is 0.255 e. The Kier molecular flexibility index (Phi) is 5.85. The van der Waals surface area contributed by atoms with Crippen LogP contribution in [0.3, 0.4) is 0 Å². The molecule has 1 aliphatic heterocycles. The molecule has 2 amide bonds. The summed E-state index contributed by atoms with van der Waals surface area (Å²) >= 11 is 1.56. The van der Waals surface area contributed by atoms with Gasteiger partial charge in [0.1, 0.15) is 11.9 Å². The highest BCUT2D eigenvalue weighted by Gasteiger charge is 2.36. The van der Waals surface area contributed by atoms with Gasteiger partial charge in [-0.2, -0.15) is 0 Å². The van der Waals surface area contributed by atoms with Gasteiger partial charge in [-0.1, -0.05) is 50.2 Å². The van der Waals surface area contributed by atoms with Crippen LogP contribution in [-0.2, 0) is 10.2 Å². The Bertz CT molecular complexity index is 826. The van der Waals surface area contributed by atoms with Gasteiger partial charge in [0.15, 0.2) is 0 Å². The van der Waals surface area contributed by atoms with Crippen molar-refractivity contribution in [2.24, 2.45) is 0 Å². The molecule has 1 saturated heterocycles. The van der Waals surface area contributed by atoms with Crippen molar-refractivity contribution in [1.29, 1.82) is 0 Å². The largest absolute Gasteiger partial charge is 0.353 e. The fourth-order valence-electron chi connectivity index (χ4n) is 3.14. The number of hydrogen-bond donors (Lipinski definition) is 1. The average molecular weight is 386 g/mol. The fourth-order valence-corrected chi connectivity index (χ4v) is 4.29. The van der Waals surface area contributed by atoms with Crippen LogP contribution in [0.5, 0.6) is 0 Å². The summed E-state index contributed by atoms with van der Waals surface area (Å²) in [6.07, 6.45) is 0. The number of nitrogens with one attached hydrogen (secondary N) is 1. The van der Waals surface area contributed by atoms with Crippen LogP contribution in [0.4, 0.5) is 4.39 Å². The van der Waals surface area contributed by atoms with Gasteiger partial charge in [-0.05, 0) is 23.8 Å². The van der Waals surface area contributed by atoms with Gasteiger partial charge >= 0.3 is 0 Å². The zero-order valence-electron chi connectivity index (χ0n) is 15.4. The molecule has 0 saturated carbocycles. The van der Waals surface area contributed by atoms with Crippen LogP contribution < -0.4 is 5.32 Å². The van der Waals surface area contributed by atoms with E-state index in [0.29, 0.717) is 29.3 Å². The van der Waals surface area contributed by atoms with Crippen molar-refractivity contribution in [2.45, 2.75) is 25.3 Å². The molecule has 4 nitrogen and oxygen atoms in total. The third-order valence-corrected chi connectivity index (χ3v) is 5.79. The molecule has 0 bridgehead atoms. The molecule has 0 unspecified atom stereocenters. The van der Waals surface area contributed by atoms with E-state index in [1.165, 1.54) is 6.07 Å². The van der Waals surface area contributed by atoms with E-state index < -0.39 is 11.5 Å². The lowest BCUT2D eigenvalue weighted by Gasteiger charge is -2.28. The lowest BCUT2D eigenvalue weighted by atomic mass is 9.84. The standard InChI is InChI=1S/C21H23FN2O2S/c1-21(2,16-10-6-7-11-17(16)22)13-23-19(25)18-12-27-14-24(18)20(26)15-8-4-3-5-9-15/h3-11,18H,12-14H2,1-2H3,(H,23,25)/t18-/m0/s1. The minimum atomic E-state index is -0.555. The Morgan fingerprint density at radius 1 is 1.15 bits per heavy atom. The van der Waals surface area contributed by atoms with Gasteiger partial charge in [0.25, 0.3) is 5.91 Å². The van der Waals surface area contributed by atoms with E-state index >= 15 is 0 Å². The molecule has 2 aromatic carbocycles. The van der Waals surface area contributed by atoms with Crippen molar-refractivity contribution in [2.75, 3.05) is 18.2 Å². The molecule has 1 atom stereocenters. The Balaban J connectivity index is 1.67. The van der Waals surface area contributed by atoms with E-state index in [9.17, 15) is 14.0 Å². The molecule has 6 heteroatoms. The monoisotopic (exact) mass is 386 g/mol. The number of rotatable bonds is 5. The van der Waals surface area contributed by atoms with Gasteiger partial charge in [0.05, 0.1) is 5.88 Å². The maximum absolute atomic E-state index is 14.1. The second kappa shape index (κ2) is 8.13. The predicted molar refractivity (Wildman–Crippen MR) is 106 cm³/mol. The SMILES string of the molecule is CC(C)(CNC(=O)[C@@H]1CSCN1C(=O)c1ccccc1)c1ccccc1F. The minimum absolute atomic E-state index is 0.144. The summed E-state index contributed by atoms with van der Waals surface area (Å²) in [5.74, 6) is 0.421. The molecular formula is C21H23FN2O2S. The summed E-state index contributed by atoms with van der Waals surface area (Å²) in [6.45, 7) is 4.07. The Morgan fingerprint density at radius 3 is 2.52 bits per heavy atom. The summed E-state index contributed by atoms with van der Waals surface area (Å²) < 4.78 is 14.1. The average Bonchev–Trinajstić information content (AvgIpc) is 3.16. The minimum Gasteiger partial charge on any atom is -0.353 e. The second-order valence-electron chi connectivity index (χ2n) is 7.24. The zero-order valence-corrected chi connectivity index (χ0v) is 16.3. The van der Waals surface area contributed by atoms with Crippen LogP contribution in [0.25, 0.3) is 0 Å². The molecule has 0 aromatic heterocycles.